The summed E-state index contributed by atoms with van der Waals surface area (Å²) in [6.07, 6.45) is 3.98. The fourth-order valence-electron chi connectivity index (χ4n) is 3.59. The first kappa shape index (κ1) is 19.9. The zero-order valence-corrected chi connectivity index (χ0v) is 16.1. The molecule has 1 heterocycles. The largest absolute Gasteiger partial charge is 0.484 e. The van der Waals surface area contributed by atoms with Gasteiger partial charge in [-0.15, -0.1) is 0 Å². The fourth-order valence-corrected chi connectivity index (χ4v) is 3.59. The lowest BCUT2D eigenvalue weighted by atomic mass is 9.91. The zero-order valence-electron chi connectivity index (χ0n) is 16.1. The van der Waals surface area contributed by atoms with E-state index in [2.05, 4.69) is 5.32 Å². The third-order valence-electron chi connectivity index (χ3n) is 4.91. The molecule has 0 fully saturated rings. The van der Waals surface area contributed by atoms with Crippen LogP contribution in [0.25, 0.3) is 11.0 Å². The van der Waals surface area contributed by atoms with Crippen molar-refractivity contribution in [2.24, 2.45) is 5.92 Å². The Kier molecular flexibility index (Phi) is 6.02. The molecular formula is C21H25NO6. The van der Waals surface area contributed by atoms with Crippen LogP contribution in [0.15, 0.2) is 27.4 Å². The molecule has 1 aromatic heterocycles. The van der Waals surface area contributed by atoms with Gasteiger partial charge in [-0.2, -0.15) is 0 Å². The van der Waals surface area contributed by atoms with Crippen molar-refractivity contribution in [3.05, 3.63) is 39.7 Å². The van der Waals surface area contributed by atoms with Crippen LogP contribution in [0.2, 0.25) is 0 Å². The molecule has 28 heavy (non-hydrogen) atoms. The van der Waals surface area contributed by atoms with Gasteiger partial charge in [-0.3, -0.25) is 4.79 Å². The van der Waals surface area contributed by atoms with Crippen molar-refractivity contribution in [3.63, 3.8) is 0 Å². The Balaban J connectivity index is 1.70. The van der Waals surface area contributed by atoms with Gasteiger partial charge in [0.25, 0.3) is 5.91 Å². The van der Waals surface area contributed by atoms with Crippen molar-refractivity contribution < 1.29 is 23.8 Å². The Labute approximate surface area is 162 Å². The van der Waals surface area contributed by atoms with Crippen molar-refractivity contribution in [1.29, 1.82) is 0 Å². The minimum absolute atomic E-state index is 0.136. The number of carbonyl (C=O) groups is 2. The molecule has 0 saturated carbocycles. The highest BCUT2D eigenvalue weighted by Gasteiger charge is 2.21. The number of rotatable bonds is 7. The summed E-state index contributed by atoms with van der Waals surface area (Å²) < 4.78 is 10.9. The first-order chi connectivity index (χ1) is 13.3. The van der Waals surface area contributed by atoms with Gasteiger partial charge in [0.2, 0.25) is 0 Å². The number of aliphatic carboxylic acids is 1. The minimum atomic E-state index is -1.07. The number of benzene rings is 1. The summed E-state index contributed by atoms with van der Waals surface area (Å²) in [5.41, 5.74) is 1.93. The molecule has 0 aliphatic heterocycles. The molecular weight excluding hydrogens is 362 g/mol. The molecule has 1 aliphatic carbocycles. The number of carboxylic acids is 1. The van der Waals surface area contributed by atoms with E-state index >= 15 is 0 Å². The Morgan fingerprint density at radius 1 is 1.21 bits per heavy atom. The number of nitrogens with one attached hydrogen (secondary N) is 1. The molecule has 2 aromatic rings. The lowest BCUT2D eigenvalue weighted by Gasteiger charge is -2.17. The number of hydrogen-bond acceptors (Lipinski definition) is 5. The van der Waals surface area contributed by atoms with E-state index in [0.29, 0.717) is 17.8 Å². The quantitative estimate of drug-likeness (QED) is 0.708. The maximum absolute atomic E-state index is 12.2. The number of aryl methyl sites for hydroxylation is 1. The van der Waals surface area contributed by atoms with E-state index in [1.54, 1.807) is 12.1 Å². The Morgan fingerprint density at radius 3 is 2.61 bits per heavy atom. The van der Waals surface area contributed by atoms with E-state index in [9.17, 15) is 19.5 Å². The van der Waals surface area contributed by atoms with Gasteiger partial charge in [-0.05, 0) is 55.7 Å². The molecule has 0 saturated heterocycles. The molecule has 7 nitrogen and oxygen atoms in total. The van der Waals surface area contributed by atoms with Crippen LogP contribution in [0, 0.1) is 5.92 Å². The molecule has 7 heteroatoms. The van der Waals surface area contributed by atoms with Gasteiger partial charge in [0, 0.05) is 17.0 Å². The van der Waals surface area contributed by atoms with Crippen LogP contribution < -0.4 is 15.7 Å². The van der Waals surface area contributed by atoms with Crippen LogP contribution in [0.1, 0.15) is 44.2 Å². The van der Waals surface area contributed by atoms with Gasteiger partial charge in [0.05, 0.1) is 0 Å². The minimum Gasteiger partial charge on any atom is -0.484 e. The summed E-state index contributed by atoms with van der Waals surface area (Å²) in [6, 6.07) is 4.22. The molecule has 0 spiro atoms. The molecule has 2 N–H and O–H groups in total. The number of amides is 1. The summed E-state index contributed by atoms with van der Waals surface area (Å²) in [5.74, 6) is -1.06. The lowest BCUT2D eigenvalue weighted by Crippen LogP contribution is -2.43. The number of fused-ring (bicyclic) bond motifs is 3. The van der Waals surface area contributed by atoms with Crippen LogP contribution in [-0.2, 0) is 22.4 Å². The topological polar surface area (TPSA) is 106 Å². The Bertz CT molecular complexity index is 946. The van der Waals surface area contributed by atoms with E-state index in [1.807, 2.05) is 19.9 Å². The average molecular weight is 387 g/mol. The van der Waals surface area contributed by atoms with Crippen molar-refractivity contribution in [1.82, 2.24) is 5.32 Å². The molecule has 1 aromatic carbocycles. The summed E-state index contributed by atoms with van der Waals surface area (Å²) in [4.78, 5) is 35.5. The van der Waals surface area contributed by atoms with Gasteiger partial charge in [-0.1, -0.05) is 13.8 Å². The second-order valence-electron chi connectivity index (χ2n) is 7.59. The molecule has 150 valence electrons. The van der Waals surface area contributed by atoms with E-state index in [-0.39, 0.29) is 18.2 Å². The predicted molar refractivity (Wildman–Crippen MR) is 104 cm³/mol. The fraction of sp³-hybridized carbons (Fsp3) is 0.476. The molecule has 1 aliphatic rings. The van der Waals surface area contributed by atoms with Crippen molar-refractivity contribution in [2.75, 3.05) is 6.61 Å². The highest BCUT2D eigenvalue weighted by atomic mass is 16.5. The molecule has 1 unspecified atom stereocenters. The van der Waals surface area contributed by atoms with Gasteiger partial charge in [0.15, 0.2) is 6.61 Å². The van der Waals surface area contributed by atoms with Crippen LogP contribution in [0.5, 0.6) is 5.75 Å². The molecule has 0 bridgehead atoms. The van der Waals surface area contributed by atoms with E-state index in [0.717, 1.165) is 42.2 Å². The predicted octanol–water partition coefficient (Wildman–Crippen LogP) is 2.67. The Morgan fingerprint density at radius 2 is 1.93 bits per heavy atom. The van der Waals surface area contributed by atoms with Crippen LogP contribution in [-0.4, -0.2) is 29.6 Å². The van der Waals surface area contributed by atoms with Gasteiger partial charge in [0.1, 0.15) is 17.4 Å². The molecule has 1 amide bonds. The van der Waals surface area contributed by atoms with Crippen LogP contribution in [0.3, 0.4) is 0 Å². The highest BCUT2D eigenvalue weighted by Crippen LogP contribution is 2.29. The first-order valence-corrected chi connectivity index (χ1v) is 9.58. The summed E-state index contributed by atoms with van der Waals surface area (Å²) >= 11 is 0. The summed E-state index contributed by atoms with van der Waals surface area (Å²) in [7, 11) is 0. The normalized spacial score (nSPS) is 14.5. The summed E-state index contributed by atoms with van der Waals surface area (Å²) in [5, 5.41) is 12.6. The standard InChI is InChI=1S/C21H25NO6/c1-12(2)9-17(20(24)25)22-19(23)11-27-13-7-8-15-14-5-3-4-6-16(14)21(26)28-18(15)10-13/h7-8,10,12,17H,3-6,9,11H2,1-2H3,(H,22,23)(H,24,25). The monoisotopic (exact) mass is 387 g/mol. The van der Waals surface area contributed by atoms with Crippen molar-refractivity contribution in [2.45, 2.75) is 52.0 Å². The second-order valence-corrected chi connectivity index (χ2v) is 7.59. The molecule has 3 rings (SSSR count). The average Bonchev–Trinajstić information content (AvgIpc) is 2.65. The van der Waals surface area contributed by atoms with Crippen LogP contribution >= 0.6 is 0 Å². The SMILES string of the molecule is CC(C)CC(NC(=O)COc1ccc2c3c(c(=O)oc2c1)CCCC3)C(=O)O. The van der Waals surface area contributed by atoms with E-state index < -0.39 is 17.9 Å². The Hall–Kier alpha value is -2.83. The van der Waals surface area contributed by atoms with Gasteiger partial charge < -0.3 is 19.6 Å². The molecule has 1 atom stereocenters. The number of carboxylic acid groups (broad SMARTS) is 1. The summed E-state index contributed by atoms with van der Waals surface area (Å²) in [6.45, 7) is 3.46. The van der Waals surface area contributed by atoms with E-state index in [1.165, 1.54) is 0 Å². The maximum atomic E-state index is 12.2. The number of hydrogen-bond donors (Lipinski definition) is 2. The van der Waals surface area contributed by atoms with Crippen molar-refractivity contribution >= 4 is 22.8 Å². The third kappa shape index (κ3) is 4.52. The van der Waals surface area contributed by atoms with Crippen molar-refractivity contribution in [3.8, 4) is 5.75 Å². The van der Waals surface area contributed by atoms with Crippen LogP contribution in [0.4, 0.5) is 0 Å². The van der Waals surface area contributed by atoms with E-state index in [4.69, 9.17) is 9.15 Å². The second kappa shape index (κ2) is 8.46. The zero-order chi connectivity index (χ0) is 20.3. The van der Waals surface area contributed by atoms with Gasteiger partial charge in [-0.25, -0.2) is 9.59 Å². The smallest absolute Gasteiger partial charge is 0.339 e. The third-order valence-corrected chi connectivity index (χ3v) is 4.91. The van der Waals surface area contributed by atoms with Gasteiger partial charge >= 0.3 is 11.6 Å². The number of ether oxygens (including phenoxy) is 1. The first-order valence-electron chi connectivity index (χ1n) is 9.58. The highest BCUT2D eigenvalue weighted by molar-refractivity contribution is 5.85. The maximum Gasteiger partial charge on any atom is 0.339 e. The lowest BCUT2D eigenvalue weighted by molar-refractivity contribution is -0.142. The molecule has 0 radical (unpaired) electrons. The number of carbonyl (C=O) groups excluding carboxylic acids is 1.